The van der Waals surface area contributed by atoms with Crippen molar-refractivity contribution in [3.05, 3.63) is 54.1 Å². The first-order chi connectivity index (χ1) is 10.1. The van der Waals surface area contributed by atoms with Crippen LogP contribution in [0.2, 0.25) is 0 Å². The number of nitrogens with zero attached hydrogens (tertiary/aromatic N) is 1. The van der Waals surface area contributed by atoms with E-state index in [0.717, 1.165) is 22.7 Å². The van der Waals surface area contributed by atoms with Gasteiger partial charge in [-0.15, -0.1) is 0 Å². The van der Waals surface area contributed by atoms with E-state index in [1.54, 1.807) is 14.2 Å². The molecule has 0 bridgehead atoms. The number of hydrogen-bond donors (Lipinski definition) is 1. The molecule has 1 atom stereocenters. The van der Waals surface area contributed by atoms with E-state index in [0.29, 0.717) is 6.54 Å². The van der Waals surface area contributed by atoms with Crippen LogP contribution in [0.5, 0.6) is 11.5 Å². The van der Waals surface area contributed by atoms with Crippen LogP contribution in [0.1, 0.15) is 11.7 Å². The van der Waals surface area contributed by atoms with Crippen LogP contribution < -0.4 is 14.4 Å². The van der Waals surface area contributed by atoms with Crippen molar-refractivity contribution in [2.24, 2.45) is 0 Å². The number of methoxy groups -OCH3 is 2. The summed E-state index contributed by atoms with van der Waals surface area (Å²) < 4.78 is 10.3. The zero-order valence-corrected chi connectivity index (χ0v) is 12.6. The molecule has 1 N–H and O–H groups in total. The summed E-state index contributed by atoms with van der Waals surface area (Å²) in [6.07, 6.45) is -0.553. The predicted octanol–water partition coefficient (Wildman–Crippen LogP) is 2.87. The largest absolute Gasteiger partial charge is 0.497 e. The Kier molecular flexibility index (Phi) is 5.06. The van der Waals surface area contributed by atoms with Crippen LogP contribution in [0.4, 0.5) is 5.69 Å². The molecule has 0 amide bonds. The normalized spacial score (nSPS) is 11.8. The molecule has 0 aliphatic heterocycles. The van der Waals surface area contributed by atoms with Crippen LogP contribution in [0, 0.1) is 0 Å². The van der Waals surface area contributed by atoms with Crippen LogP contribution in [0.3, 0.4) is 0 Å². The van der Waals surface area contributed by atoms with Crippen molar-refractivity contribution >= 4 is 5.69 Å². The molecule has 0 aliphatic carbocycles. The summed E-state index contributed by atoms with van der Waals surface area (Å²) in [5.41, 5.74) is 1.90. The van der Waals surface area contributed by atoms with Gasteiger partial charge in [-0.1, -0.05) is 12.1 Å². The minimum atomic E-state index is -0.553. The lowest BCUT2D eigenvalue weighted by atomic mass is 10.1. The summed E-state index contributed by atoms with van der Waals surface area (Å²) in [5, 5.41) is 10.3. The van der Waals surface area contributed by atoms with Crippen molar-refractivity contribution in [2.75, 3.05) is 32.7 Å². The lowest BCUT2D eigenvalue weighted by Crippen LogP contribution is -2.24. The fourth-order valence-corrected chi connectivity index (χ4v) is 2.13. The van der Waals surface area contributed by atoms with Gasteiger partial charge >= 0.3 is 0 Å². The molecule has 0 aliphatic rings. The second-order valence-corrected chi connectivity index (χ2v) is 4.87. The van der Waals surface area contributed by atoms with Crippen molar-refractivity contribution in [1.82, 2.24) is 0 Å². The first-order valence-corrected chi connectivity index (χ1v) is 6.81. The summed E-state index contributed by atoms with van der Waals surface area (Å²) in [4.78, 5) is 2.01. The van der Waals surface area contributed by atoms with Crippen LogP contribution in [0.25, 0.3) is 0 Å². The summed E-state index contributed by atoms with van der Waals surface area (Å²) in [6.45, 7) is 0.513. The van der Waals surface area contributed by atoms with E-state index in [4.69, 9.17) is 9.47 Å². The molecule has 2 aromatic rings. The number of likely N-dealkylation sites (N-methyl/N-ethyl adjacent to an activating group) is 1. The monoisotopic (exact) mass is 287 g/mol. The van der Waals surface area contributed by atoms with Gasteiger partial charge < -0.3 is 19.5 Å². The van der Waals surface area contributed by atoms with Gasteiger partial charge in [-0.3, -0.25) is 0 Å². The number of hydrogen-bond acceptors (Lipinski definition) is 4. The summed E-state index contributed by atoms with van der Waals surface area (Å²) in [7, 11) is 5.23. The van der Waals surface area contributed by atoms with Crippen molar-refractivity contribution < 1.29 is 14.6 Å². The number of benzene rings is 2. The highest BCUT2D eigenvalue weighted by atomic mass is 16.5. The second-order valence-electron chi connectivity index (χ2n) is 4.87. The second kappa shape index (κ2) is 6.99. The topological polar surface area (TPSA) is 41.9 Å². The van der Waals surface area contributed by atoms with E-state index in [1.165, 1.54) is 0 Å². The van der Waals surface area contributed by atoms with Crippen molar-refractivity contribution in [1.29, 1.82) is 0 Å². The molecule has 21 heavy (non-hydrogen) atoms. The van der Waals surface area contributed by atoms with E-state index in [2.05, 4.69) is 0 Å². The van der Waals surface area contributed by atoms with Crippen LogP contribution in [-0.4, -0.2) is 32.9 Å². The number of rotatable bonds is 6. The Morgan fingerprint density at radius 3 is 1.86 bits per heavy atom. The van der Waals surface area contributed by atoms with E-state index in [9.17, 15) is 5.11 Å². The number of aliphatic hydroxyl groups is 1. The van der Waals surface area contributed by atoms with Crippen molar-refractivity contribution in [3.8, 4) is 11.5 Å². The molecule has 0 saturated carbocycles. The lowest BCUT2D eigenvalue weighted by molar-refractivity contribution is 0.185. The molecule has 2 aromatic carbocycles. The highest BCUT2D eigenvalue weighted by molar-refractivity contribution is 5.48. The Hall–Kier alpha value is -2.20. The molecule has 0 radical (unpaired) electrons. The highest BCUT2D eigenvalue weighted by Gasteiger charge is 2.11. The summed E-state index contributed by atoms with van der Waals surface area (Å²) >= 11 is 0. The van der Waals surface area contributed by atoms with Crippen LogP contribution >= 0.6 is 0 Å². The molecular weight excluding hydrogens is 266 g/mol. The molecule has 2 rings (SSSR count). The fraction of sp³-hybridized carbons (Fsp3) is 0.294. The maximum absolute atomic E-state index is 10.3. The lowest BCUT2D eigenvalue weighted by Gasteiger charge is -2.23. The van der Waals surface area contributed by atoms with Crippen molar-refractivity contribution in [3.63, 3.8) is 0 Å². The third-order valence-corrected chi connectivity index (χ3v) is 3.46. The molecule has 0 aromatic heterocycles. The number of aliphatic hydroxyl groups excluding tert-OH is 1. The fourth-order valence-electron chi connectivity index (χ4n) is 2.13. The average molecular weight is 287 g/mol. The molecule has 112 valence electrons. The quantitative estimate of drug-likeness (QED) is 0.887. The van der Waals surface area contributed by atoms with E-state index in [-0.39, 0.29) is 0 Å². The minimum Gasteiger partial charge on any atom is -0.497 e. The minimum absolute atomic E-state index is 0.513. The van der Waals surface area contributed by atoms with Gasteiger partial charge in [0, 0.05) is 19.3 Å². The highest BCUT2D eigenvalue weighted by Crippen LogP contribution is 2.22. The van der Waals surface area contributed by atoms with Gasteiger partial charge in [-0.05, 0) is 42.0 Å². The molecule has 4 heteroatoms. The van der Waals surface area contributed by atoms with Gasteiger partial charge in [-0.2, -0.15) is 0 Å². The molecule has 4 nitrogen and oxygen atoms in total. The van der Waals surface area contributed by atoms with Crippen LogP contribution in [0.15, 0.2) is 48.5 Å². The molecule has 0 heterocycles. The Labute approximate surface area is 125 Å². The molecule has 1 unspecified atom stereocenters. The Morgan fingerprint density at radius 2 is 1.38 bits per heavy atom. The summed E-state index contributed by atoms with van der Waals surface area (Å²) in [6, 6.07) is 15.2. The van der Waals surface area contributed by atoms with Gasteiger partial charge in [0.05, 0.1) is 20.3 Å². The van der Waals surface area contributed by atoms with Gasteiger partial charge in [0.2, 0.25) is 0 Å². The SMILES string of the molecule is COc1ccc(C(O)CN(C)c2ccc(OC)cc2)cc1. The number of ether oxygens (including phenoxy) is 2. The van der Waals surface area contributed by atoms with Gasteiger partial charge in [0.1, 0.15) is 11.5 Å². The zero-order valence-electron chi connectivity index (χ0n) is 12.6. The van der Waals surface area contributed by atoms with Gasteiger partial charge in [-0.25, -0.2) is 0 Å². The van der Waals surface area contributed by atoms with Crippen LogP contribution in [-0.2, 0) is 0 Å². The van der Waals surface area contributed by atoms with E-state index < -0.39 is 6.10 Å². The van der Waals surface area contributed by atoms with Gasteiger partial charge in [0.25, 0.3) is 0 Å². The Bertz CT molecular complexity index is 500. The molecular formula is C17H21NO3. The predicted molar refractivity (Wildman–Crippen MR) is 84.2 cm³/mol. The molecule has 0 fully saturated rings. The molecule has 0 saturated heterocycles. The van der Waals surface area contributed by atoms with E-state index in [1.807, 2.05) is 60.5 Å². The smallest absolute Gasteiger partial charge is 0.119 e. The maximum Gasteiger partial charge on any atom is 0.119 e. The van der Waals surface area contributed by atoms with Gasteiger partial charge in [0.15, 0.2) is 0 Å². The standard InChI is InChI=1S/C17H21NO3/c1-18(14-6-10-16(21-3)11-7-14)12-17(19)13-4-8-15(20-2)9-5-13/h4-11,17,19H,12H2,1-3H3. The zero-order chi connectivity index (χ0) is 15.2. The third kappa shape index (κ3) is 3.89. The van der Waals surface area contributed by atoms with E-state index >= 15 is 0 Å². The Morgan fingerprint density at radius 1 is 0.905 bits per heavy atom. The Balaban J connectivity index is 2.01. The molecule has 0 spiro atoms. The first-order valence-electron chi connectivity index (χ1n) is 6.81. The third-order valence-electron chi connectivity index (χ3n) is 3.46. The first kappa shape index (κ1) is 15.2. The summed E-state index contributed by atoms with van der Waals surface area (Å²) in [5.74, 6) is 1.61. The maximum atomic E-state index is 10.3. The van der Waals surface area contributed by atoms with Crippen molar-refractivity contribution in [2.45, 2.75) is 6.10 Å². The number of anilines is 1. The average Bonchev–Trinajstić information content (AvgIpc) is 2.55.